The Balaban J connectivity index is 1.28. The molecule has 1 amide bonds. The van der Waals surface area contributed by atoms with Gasteiger partial charge < -0.3 is 19.5 Å². The fourth-order valence-corrected chi connectivity index (χ4v) is 3.13. The number of hydrogen-bond donors (Lipinski definition) is 1. The number of Topliss-reactive ketones (excluding diaryl/α,β-unsaturated/α-hetero) is 1. The number of ether oxygens (including phenoxy) is 3. The lowest BCUT2D eigenvalue weighted by Gasteiger charge is -2.08. The number of anilines is 1. The largest absolute Gasteiger partial charge is 0.484 e. The first kappa shape index (κ1) is 21.8. The molecule has 1 aliphatic heterocycles. The first-order valence-corrected chi connectivity index (χ1v) is 10.2. The van der Waals surface area contributed by atoms with Crippen LogP contribution in [0.5, 0.6) is 17.2 Å². The fraction of sp³-hybridized carbons (Fsp3) is 0.115. The molecule has 0 bridgehead atoms. The Morgan fingerprint density at radius 2 is 1.61 bits per heavy atom. The summed E-state index contributed by atoms with van der Waals surface area (Å²) in [4.78, 5) is 35.9. The van der Waals surface area contributed by atoms with E-state index in [1.807, 2.05) is 12.1 Å². The van der Waals surface area contributed by atoms with Gasteiger partial charge in [0.25, 0.3) is 5.91 Å². The molecule has 7 nitrogen and oxygen atoms in total. The lowest BCUT2D eigenvalue weighted by atomic mass is 10.1. The average molecular weight is 443 g/mol. The van der Waals surface area contributed by atoms with Crippen molar-refractivity contribution in [3.05, 3.63) is 89.5 Å². The summed E-state index contributed by atoms with van der Waals surface area (Å²) in [5.74, 6) is 1.29. The molecule has 3 aromatic carbocycles. The number of nitrogens with one attached hydrogen (secondary N) is 1. The molecule has 0 spiro atoms. The highest BCUT2D eigenvalue weighted by molar-refractivity contribution is 6.07. The van der Waals surface area contributed by atoms with E-state index < -0.39 is 0 Å². The summed E-state index contributed by atoms with van der Waals surface area (Å²) in [6.45, 7) is 1.50. The molecule has 0 unspecified atom stereocenters. The topological polar surface area (TPSA) is 90.9 Å². The van der Waals surface area contributed by atoms with Crippen molar-refractivity contribution in [2.45, 2.75) is 6.92 Å². The zero-order valence-corrected chi connectivity index (χ0v) is 17.9. The first-order valence-electron chi connectivity index (χ1n) is 10.2. The summed E-state index contributed by atoms with van der Waals surface area (Å²) in [5, 5.41) is 2.72. The molecule has 33 heavy (non-hydrogen) atoms. The van der Waals surface area contributed by atoms with E-state index >= 15 is 0 Å². The summed E-state index contributed by atoms with van der Waals surface area (Å²) in [6, 6.07) is 18.6. The van der Waals surface area contributed by atoms with Gasteiger partial charge in [-0.3, -0.25) is 14.4 Å². The number of hydrogen-bond acceptors (Lipinski definition) is 6. The highest BCUT2D eigenvalue weighted by atomic mass is 16.7. The fourth-order valence-electron chi connectivity index (χ4n) is 3.13. The third kappa shape index (κ3) is 5.65. The molecule has 0 saturated heterocycles. The van der Waals surface area contributed by atoms with Crippen molar-refractivity contribution in [3.63, 3.8) is 0 Å². The Morgan fingerprint density at radius 1 is 0.909 bits per heavy atom. The van der Waals surface area contributed by atoms with Gasteiger partial charge in [0.1, 0.15) is 5.75 Å². The number of ketones is 2. The van der Waals surface area contributed by atoms with E-state index in [4.69, 9.17) is 14.2 Å². The molecule has 1 heterocycles. The summed E-state index contributed by atoms with van der Waals surface area (Å²) in [5.41, 5.74) is 2.44. The smallest absolute Gasteiger partial charge is 0.262 e. The van der Waals surface area contributed by atoms with E-state index in [1.165, 1.54) is 13.0 Å². The maximum atomic E-state index is 12.4. The van der Waals surface area contributed by atoms with Gasteiger partial charge >= 0.3 is 0 Å². The minimum Gasteiger partial charge on any atom is -0.484 e. The number of fused-ring (bicyclic) bond motifs is 1. The Labute approximate surface area is 190 Å². The average Bonchev–Trinajstić information content (AvgIpc) is 3.30. The minimum atomic E-state index is -0.340. The van der Waals surface area contributed by atoms with Crippen LogP contribution in [-0.4, -0.2) is 30.9 Å². The van der Waals surface area contributed by atoms with E-state index in [1.54, 1.807) is 60.7 Å². The van der Waals surface area contributed by atoms with Gasteiger partial charge in [-0.2, -0.15) is 0 Å². The van der Waals surface area contributed by atoms with Crippen molar-refractivity contribution in [2.75, 3.05) is 18.7 Å². The molecule has 0 aromatic heterocycles. The van der Waals surface area contributed by atoms with Crippen LogP contribution in [0.1, 0.15) is 33.2 Å². The van der Waals surface area contributed by atoms with Crippen LogP contribution in [0.4, 0.5) is 5.69 Å². The number of rotatable bonds is 8. The van der Waals surface area contributed by atoms with Crippen molar-refractivity contribution in [1.82, 2.24) is 0 Å². The molecular weight excluding hydrogens is 422 g/mol. The number of carbonyl (C=O) groups excluding carboxylic acids is 3. The Morgan fingerprint density at radius 3 is 2.33 bits per heavy atom. The second kappa shape index (κ2) is 9.82. The number of amides is 1. The predicted molar refractivity (Wildman–Crippen MR) is 123 cm³/mol. The summed E-state index contributed by atoms with van der Waals surface area (Å²) in [7, 11) is 0. The highest BCUT2D eigenvalue weighted by Crippen LogP contribution is 2.32. The van der Waals surface area contributed by atoms with Crippen LogP contribution in [0.3, 0.4) is 0 Å². The molecule has 1 N–H and O–H groups in total. The minimum absolute atomic E-state index is 0.0374. The number of carbonyl (C=O) groups is 3. The predicted octanol–water partition coefficient (Wildman–Crippen LogP) is 4.53. The van der Waals surface area contributed by atoms with E-state index in [9.17, 15) is 14.4 Å². The monoisotopic (exact) mass is 443 g/mol. The van der Waals surface area contributed by atoms with Crippen molar-refractivity contribution < 1.29 is 28.6 Å². The standard InChI is InChI=1S/C26H21NO6/c1-17(28)19-6-10-22(11-7-19)31-15-26(30)27-21-8-4-20(5-9-21)23(29)12-2-18-3-13-24-25(14-18)33-16-32-24/h2-14H,15-16H2,1H3,(H,27,30)/b12-2+. The van der Waals surface area contributed by atoms with Gasteiger partial charge in [-0.15, -0.1) is 0 Å². The van der Waals surface area contributed by atoms with Gasteiger partial charge in [0.2, 0.25) is 6.79 Å². The second-order valence-electron chi connectivity index (χ2n) is 7.31. The third-order valence-electron chi connectivity index (χ3n) is 4.91. The van der Waals surface area contributed by atoms with Crippen LogP contribution >= 0.6 is 0 Å². The highest BCUT2D eigenvalue weighted by Gasteiger charge is 2.12. The zero-order chi connectivity index (χ0) is 23.2. The molecule has 1 aliphatic rings. The van der Waals surface area contributed by atoms with E-state index in [0.29, 0.717) is 34.1 Å². The maximum Gasteiger partial charge on any atom is 0.262 e. The lowest BCUT2D eigenvalue weighted by Crippen LogP contribution is -2.20. The quantitative estimate of drug-likeness (QED) is 0.406. The molecule has 0 radical (unpaired) electrons. The molecule has 4 rings (SSSR count). The molecular formula is C26H21NO6. The van der Waals surface area contributed by atoms with Crippen LogP contribution in [0, 0.1) is 0 Å². The van der Waals surface area contributed by atoms with Gasteiger partial charge in [0, 0.05) is 16.8 Å². The maximum absolute atomic E-state index is 12.4. The second-order valence-corrected chi connectivity index (χ2v) is 7.31. The van der Waals surface area contributed by atoms with Gasteiger partial charge in [0.15, 0.2) is 29.7 Å². The molecule has 0 atom stereocenters. The van der Waals surface area contributed by atoms with Gasteiger partial charge in [-0.05, 0) is 79.2 Å². The van der Waals surface area contributed by atoms with Gasteiger partial charge in [-0.25, -0.2) is 0 Å². The van der Waals surface area contributed by atoms with E-state index in [2.05, 4.69) is 5.32 Å². The molecule has 166 valence electrons. The van der Waals surface area contributed by atoms with Gasteiger partial charge in [0.05, 0.1) is 0 Å². The van der Waals surface area contributed by atoms with Crippen LogP contribution < -0.4 is 19.5 Å². The van der Waals surface area contributed by atoms with Crippen LogP contribution in [0.2, 0.25) is 0 Å². The summed E-state index contributed by atoms with van der Waals surface area (Å²) in [6.07, 6.45) is 3.19. The van der Waals surface area contributed by atoms with E-state index in [0.717, 1.165) is 5.56 Å². The molecule has 7 heteroatoms. The van der Waals surface area contributed by atoms with Crippen molar-refractivity contribution >= 4 is 29.2 Å². The SMILES string of the molecule is CC(=O)c1ccc(OCC(=O)Nc2ccc(C(=O)/C=C/c3ccc4c(c3)OCO4)cc2)cc1. The number of allylic oxidation sites excluding steroid dienone is 1. The summed E-state index contributed by atoms with van der Waals surface area (Å²) >= 11 is 0. The molecule has 0 saturated carbocycles. The van der Waals surface area contributed by atoms with Crippen molar-refractivity contribution in [2.24, 2.45) is 0 Å². The van der Waals surface area contributed by atoms with Crippen LogP contribution in [0.15, 0.2) is 72.8 Å². The Bertz CT molecular complexity index is 1210. The van der Waals surface area contributed by atoms with Crippen molar-refractivity contribution in [1.29, 1.82) is 0 Å². The van der Waals surface area contributed by atoms with Crippen molar-refractivity contribution in [3.8, 4) is 17.2 Å². The zero-order valence-electron chi connectivity index (χ0n) is 17.9. The lowest BCUT2D eigenvalue weighted by molar-refractivity contribution is -0.118. The Kier molecular flexibility index (Phi) is 6.50. The number of benzene rings is 3. The molecule has 0 fully saturated rings. The van der Waals surface area contributed by atoms with Gasteiger partial charge in [-0.1, -0.05) is 12.1 Å². The van der Waals surface area contributed by atoms with Crippen LogP contribution in [-0.2, 0) is 4.79 Å². The first-order chi connectivity index (χ1) is 16.0. The Hall–Kier alpha value is -4.39. The molecule has 3 aromatic rings. The normalized spacial score (nSPS) is 11.9. The van der Waals surface area contributed by atoms with Crippen LogP contribution in [0.25, 0.3) is 6.08 Å². The summed E-state index contributed by atoms with van der Waals surface area (Å²) < 4.78 is 16.0. The van der Waals surface area contributed by atoms with E-state index in [-0.39, 0.29) is 30.9 Å². The molecule has 0 aliphatic carbocycles. The third-order valence-corrected chi connectivity index (χ3v) is 4.91.